The highest BCUT2D eigenvalue weighted by Gasteiger charge is 2.03. The Morgan fingerprint density at radius 3 is 2.75 bits per heavy atom. The molecule has 0 radical (unpaired) electrons. The summed E-state index contributed by atoms with van der Waals surface area (Å²) in [5, 5.41) is 8.11. The number of halogens is 1. The number of nitrogens with one attached hydrogen (secondary N) is 2. The topological polar surface area (TPSA) is 50.4 Å². The highest BCUT2D eigenvalue weighted by molar-refractivity contribution is 9.10. The Labute approximate surface area is 126 Å². The molecule has 0 aliphatic carbocycles. The minimum absolute atomic E-state index is 0.0578. The Balaban J connectivity index is 1.96. The molecular weight excluding hydrogens is 320 g/mol. The Morgan fingerprint density at radius 1 is 1.20 bits per heavy atom. The monoisotopic (exact) mass is 336 g/mol. The summed E-state index contributed by atoms with van der Waals surface area (Å²) in [6, 6.07) is 11.9. The Hall–Kier alpha value is -1.43. The largest absolute Gasteiger partial charge is 0.383 e. The maximum absolute atomic E-state index is 11.7. The van der Waals surface area contributed by atoms with Gasteiger partial charge in [-0.1, -0.05) is 28.1 Å². The van der Waals surface area contributed by atoms with Crippen LogP contribution in [0.2, 0.25) is 0 Å². The standard InChI is InChI=1S/C15H17BrN2O2/c1-20-7-6-17-10-15(19)18-14-5-3-11-8-13(16)4-2-12(11)9-14/h2-5,8-9,17H,6-7,10H2,1H3,(H,18,19). The minimum Gasteiger partial charge on any atom is -0.383 e. The third kappa shape index (κ3) is 4.30. The van der Waals surface area contributed by atoms with E-state index in [0.29, 0.717) is 13.2 Å². The lowest BCUT2D eigenvalue weighted by Gasteiger charge is -2.08. The summed E-state index contributed by atoms with van der Waals surface area (Å²) in [5.74, 6) is -0.0578. The smallest absolute Gasteiger partial charge is 0.238 e. The van der Waals surface area contributed by atoms with Crippen LogP contribution in [0.4, 0.5) is 5.69 Å². The van der Waals surface area contributed by atoms with Crippen molar-refractivity contribution in [2.75, 3.05) is 32.1 Å². The maximum atomic E-state index is 11.7. The van der Waals surface area contributed by atoms with Gasteiger partial charge in [0, 0.05) is 23.8 Å². The van der Waals surface area contributed by atoms with E-state index in [0.717, 1.165) is 20.9 Å². The highest BCUT2D eigenvalue weighted by atomic mass is 79.9. The van der Waals surface area contributed by atoms with Crippen molar-refractivity contribution >= 4 is 38.3 Å². The normalized spacial score (nSPS) is 10.7. The summed E-state index contributed by atoms with van der Waals surface area (Å²) in [5.41, 5.74) is 0.804. The predicted octanol–water partition coefficient (Wildman–Crippen LogP) is 2.78. The van der Waals surface area contributed by atoms with Crippen molar-refractivity contribution in [1.82, 2.24) is 5.32 Å². The van der Waals surface area contributed by atoms with Crippen molar-refractivity contribution in [2.45, 2.75) is 0 Å². The van der Waals surface area contributed by atoms with Crippen LogP contribution in [-0.2, 0) is 9.53 Å². The van der Waals surface area contributed by atoms with Crippen LogP contribution in [0.25, 0.3) is 10.8 Å². The highest BCUT2D eigenvalue weighted by Crippen LogP contribution is 2.22. The zero-order valence-electron chi connectivity index (χ0n) is 11.3. The lowest BCUT2D eigenvalue weighted by atomic mass is 10.1. The Bertz CT molecular complexity index is 601. The van der Waals surface area contributed by atoms with Gasteiger partial charge < -0.3 is 15.4 Å². The number of hydrogen-bond donors (Lipinski definition) is 2. The first-order valence-electron chi connectivity index (χ1n) is 6.38. The van der Waals surface area contributed by atoms with Crippen molar-refractivity contribution in [3.63, 3.8) is 0 Å². The Kier molecular flexibility index (Phi) is 5.52. The van der Waals surface area contributed by atoms with Gasteiger partial charge in [0.15, 0.2) is 0 Å². The van der Waals surface area contributed by atoms with Crippen LogP contribution >= 0.6 is 15.9 Å². The number of carbonyl (C=O) groups is 1. The third-order valence-electron chi connectivity index (χ3n) is 2.85. The van der Waals surface area contributed by atoms with Gasteiger partial charge in [-0.2, -0.15) is 0 Å². The van der Waals surface area contributed by atoms with E-state index in [-0.39, 0.29) is 12.5 Å². The first-order valence-corrected chi connectivity index (χ1v) is 7.17. The molecular formula is C15H17BrN2O2. The molecule has 2 aromatic carbocycles. The fraction of sp³-hybridized carbons (Fsp3) is 0.267. The van der Waals surface area contributed by atoms with Crippen LogP contribution in [0.1, 0.15) is 0 Å². The van der Waals surface area contributed by atoms with Crippen molar-refractivity contribution in [2.24, 2.45) is 0 Å². The van der Waals surface area contributed by atoms with Crippen LogP contribution in [-0.4, -0.2) is 32.7 Å². The number of amides is 1. The van der Waals surface area contributed by atoms with Crippen LogP contribution in [0.15, 0.2) is 40.9 Å². The number of hydrogen-bond acceptors (Lipinski definition) is 3. The summed E-state index contributed by atoms with van der Waals surface area (Å²) >= 11 is 3.44. The fourth-order valence-corrected chi connectivity index (χ4v) is 2.25. The van der Waals surface area contributed by atoms with E-state index in [1.807, 2.05) is 36.4 Å². The summed E-state index contributed by atoms with van der Waals surface area (Å²) in [4.78, 5) is 11.7. The van der Waals surface area contributed by atoms with E-state index in [2.05, 4.69) is 26.6 Å². The molecule has 20 heavy (non-hydrogen) atoms. The van der Waals surface area contributed by atoms with Gasteiger partial charge in [-0.25, -0.2) is 0 Å². The first-order chi connectivity index (χ1) is 9.69. The molecule has 4 nitrogen and oxygen atoms in total. The number of benzene rings is 2. The lowest BCUT2D eigenvalue weighted by Crippen LogP contribution is -2.30. The van der Waals surface area contributed by atoms with Crippen LogP contribution < -0.4 is 10.6 Å². The predicted molar refractivity (Wildman–Crippen MR) is 85.0 cm³/mol. The molecule has 0 fully saturated rings. The van der Waals surface area contributed by atoms with Crippen LogP contribution in [0.3, 0.4) is 0 Å². The molecule has 0 unspecified atom stereocenters. The first kappa shape index (κ1) is 15.0. The Morgan fingerprint density at radius 2 is 1.95 bits per heavy atom. The van der Waals surface area contributed by atoms with Gasteiger partial charge in [0.2, 0.25) is 5.91 Å². The number of carbonyl (C=O) groups excluding carboxylic acids is 1. The average Bonchev–Trinajstić information content (AvgIpc) is 2.44. The molecule has 5 heteroatoms. The average molecular weight is 337 g/mol. The van der Waals surface area contributed by atoms with Gasteiger partial charge in [0.25, 0.3) is 0 Å². The molecule has 0 aromatic heterocycles. The van der Waals surface area contributed by atoms with Gasteiger partial charge in [-0.05, 0) is 35.0 Å². The van der Waals surface area contributed by atoms with Crippen molar-refractivity contribution < 1.29 is 9.53 Å². The van der Waals surface area contributed by atoms with E-state index < -0.39 is 0 Å². The minimum atomic E-state index is -0.0578. The van der Waals surface area contributed by atoms with Crippen molar-refractivity contribution in [3.8, 4) is 0 Å². The molecule has 2 rings (SSSR count). The summed E-state index contributed by atoms with van der Waals surface area (Å²) in [6.45, 7) is 1.54. The fourth-order valence-electron chi connectivity index (χ4n) is 1.88. The number of anilines is 1. The molecule has 0 saturated carbocycles. The number of fused-ring (bicyclic) bond motifs is 1. The van der Waals surface area contributed by atoms with E-state index >= 15 is 0 Å². The molecule has 2 aromatic rings. The third-order valence-corrected chi connectivity index (χ3v) is 3.35. The molecule has 0 aliphatic rings. The van der Waals surface area contributed by atoms with Gasteiger partial charge in [-0.15, -0.1) is 0 Å². The van der Waals surface area contributed by atoms with E-state index in [4.69, 9.17) is 4.74 Å². The second kappa shape index (κ2) is 7.38. The quantitative estimate of drug-likeness (QED) is 0.797. The van der Waals surface area contributed by atoms with Gasteiger partial charge in [-0.3, -0.25) is 4.79 Å². The second-order valence-corrected chi connectivity index (χ2v) is 5.34. The zero-order chi connectivity index (χ0) is 14.4. The molecule has 0 saturated heterocycles. The summed E-state index contributed by atoms with van der Waals surface area (Å²) < 4.78 is 5.95. The van der Waals surface area contributed by atoms with E-state index in [9.17, 15) is 4.79 Å². The lowest BCUT2D eigenvalue weighted by molar-refractivity contribution is -0.115. The molecule has 0 heterocycles. The van der Waals surface area contributed by atoms with Gasteiger partial charge in [0.05, 0.1) is 13.2 Å². The number of ether oxygens (including phenoxy) is 1. The molecule has 0 aliphatic heterocycles. The molecule has 2 N–H and O–H groups in total. The molecule has 1 amide bonds. The summed E-state index contributed by atoms with van der Waals surface area (Å²) in [6.07, 6.45) is 0. The number of rotatable bonds is 6. The van der Waals surface area contributed by atoms with Crippen LogP contribution in [0.5, 0.6) is 0 Å². The van der Waals surface area contributed by atoms with Crippen molar-refractivity contribution in [3.05, 3.63) is 40.9 Å². The molecule has 0 spiro atoms. The maximum Gasteiger partial charge on any atom is 0.238 e. The molecule has 0 atom stereocenters. The van der Waals surface area contributed by atoms with E-state index in [1.54, 1.807) is 7.11 Å². The second-order valence-electron chi connectivity index (χ2n) is 4.42. The SMILES string of the molecule is COCCNCC(=O)Nc1ccc2cc(Br)ccc2c1. The number of methoxy groups -OCH3 is 1. The van der Waals surface area contributed by atoms with Crippen LogP contribution in [0, 0.1) is 0 Å². The molecule has 106 valence electrons. The molecule has 0 bridgehead atoms. The van der Waals surface area contributed by atoms with E-state index in [1.165, 1.54) is 0 Å². The summed E-state index contributed by atoms with van der Waals surface area (Å²) in [7, 11) is 1.63. The van der Waals surface area contributed by atoms with Gasteiger partial charge >= 0.3 is 0 Å². The zero-order valence-corrected chi connectivity index (χ0v) is 12.9. The van der Waals surface area contributed by atoms with Crippen molar-refractivity contribution in [1.29, 1.82) is 0 Å². The van der Waals surface area contributed by atoms with Gasteiger partial charge in [0.1, 0.15) is 0 Å².